The van der Waals surface area contributed by atoms with Gasteiger partial charge in [-0.05, 0) is 18.2 Å². The maximum Gasteiger partial charge on any atom is 0.484 e. The van der Waals surface area contributed by atoms with E-state index in [2.05, 4.69) is 12.6 Å². The van der Waals surface area contributed by atoms with Crippen LogP contribution in [0.1, 0.15) is 10.4 Å². The Labute approximate surface area is 120 Å². The second kappa shape index (κ2) is 10.7. The lowest BCUT2D eigenvalue weighted by atomic mass is 10.2. The number of nitrogens with one attached hydrogen (secondary N) is 1. The van der Waals surface area contributed by atoms with Gasteiger partial charge < -0.3 is 5.41 Å². The van der Waals surface area contributed by atoms with Gasteiger partial charge in [0.1, 0.15) is 0 Å². The van der Waals surface area contributed by atoms with Crippen LogP contribution in [0.2, 0.25) is 0 Å². The Bertz CT molecular complexity index is 472. The van der Waals surface area contributed by atoms with E-state index >= 15 is 0 Å². The van der Waals surface area contributed by atoms with Crippen LogP contribution in [-0.4, -0.2) is 25.0 Å². The van der Waals surface area contributed by atoms with Gasteiger partial charge in [-0.25, -0.2) is 0 Å². The molecule has 0 saturated heterocycles. The highest BCUT2D eigenvalue weighted by atomic mass is 32.1. The predicted molar refractivity (Wildman–Crippen MR) is 63.4 cm³/mol. The maximum atomic E-state index is 11.8. The monoisotopic (exact) mass is 333 g/mol. The highest BCUT2D eigenvalue weighted by Gasteiger charge is 2.30. The molecule has 0 aromatic heterocycles. The molecule has 0 aliphatic rings. The summed E-state index contributed by atoms with van der Waals surface area (Å²) in [6, 6.07) is 5.75. The number of alkyl halides is 6. The van der Waals surface area contributed by atoms with Crippen molar-refractivity contribution in [2.75, 3.05) is 0 Å². The average molecular weight is 333 g/mol. The van der Waals surface area contributed by atoms with Crippen molar-refractivity contribution in [2.45, 2.75) is 17.9 Å². The lowest BCUT2D eigenvalue weighted by Crippen LogP contribution is -2.37. The van der Waals surface area contributed by atoms with Gasteiger partial charge in [-0.15, -0.1) is 12.6 Å². The van der Waals surface area contributed by atoms with E-state index in [1.165, 1.54) is 18.2 Å². The number of nitrogens with zero attached hydrogens (tertiary/aromatic N) is 1. The van der Waals surface area contributed by atoms with Gasteiger partial charge in [0.25, 0.3) is 5.91 Å². The Hall–Kier alpha value is -2.00. The summed E-state index contributed by atoms with van der Waals surface area (Å²) in [6.07, 6.45) is -4.22. The smallest absolute Gasteiger partial charge is 0.484 e. The van der Waals surface area contributed by atoms with E-state index < -0.39 is 18.9 Å². The number of hydrogen-bond acceptors (Lipinski definition) is 3. The summed E-state index contributed by atoms with van der Waals surface area (Å²) >= 11 is 3.86. The van der Waals surface area contributed by atoms with Crippen molar-refractivity contribution in [3.8, 4) is 0 Å². The second-order valence-electron chi connectivity index (χ2n) is 2.81. The summed E-state index contributed by atoms with van der Waals surface area (Å²) in [5.41, 5.74) is -0.104. The maximum absolute atomic E-state index is 11.8. The standard InChI is InChI=1S/C8H6F3NOS.CHF3.CNO/c9-8(10,11)12-7(13)5-3-1-2-4-6(5)14;2-1(3)4;2-1-3/h1-4,14H,(H,12,13);1H;/q;;-1. The van der Waals surface area contributed by atoms with Crippen LogP contribution in [0, 0.1) is 0 Å². The summed E-state index contributed by atoms with van der Waals surface area (Å²) in [6.45, 7) is -3.67. The summed E-state index contributed by atoms with van der Waals surface area (Å²) in [4.78, 5) is 19.4. The summed E-state index contributed by atoms with van der Waals surface area (Å²) in [5.74, 6) is -1.21. The van der Waals surface area contributed by atoms with Gasteiger partial charge in [0.05, 0.1) is 5.56 Å². The Kier molecular flexibility index (Phi) is 10.9. The normalized spacial score (nSPS) is 9.52. The van der Waals surface area contributed by atoms with Crippen LogP contribution in [-0.2, 0) is 4.79 Å². The quantitative estimate of drug-likeness (QED) is 0.272. The van der Waals surface area contributed by atoms with Gasteiger partial charge in [0, 0.05) is 4.90 Å². The molecule has 0 spiro atoms. The van der Waals surface area contributed by atoms with Crippen LogP contribution < -0.4 is 5.32 Å². The zero-order valence-corrected chi connectivity index (χ0v) is 10.8. The number of amides is 1. The van der Waals surface area contributed by atoms with Crippen molar-refractivity contribution in [3.63, 3.8) is 0 Å². The molecule has 4 nitrogen and oxygen atoms in total. The molecule has 1 aromatic carbocycles. The molecule has 0 saturated carbocycles. The number of halogens is 6. The molecule has 1 aromatic rings. The van der Waals surface area contributed by atoms with E-state index in [0.29, 0.717) is 6.08 Å². The molecule has 0 aliphatic heterocycles. The number of isocyanates is 1. The Morgan fingerprint density at radius 3 is 1.95 bits per heavy atom. The van der Waals surface area contributed by atoms with E-state index in [9.17, 15) is 31.1 Å². The predicted octanol–water partition coefficient (Wildman–Crippen LogP) is 3.30. The lowest BCUT2D eigenvalue weighted by molar-refractivity contribution is -0.146. The van der Waals surface area contributed by atoms with Crippen LogP contribution >= 0.6 is 12.6 Å². The largest absolute Gasteiger partial charge is 0.724 e. The highest BCUT2D eigenvalue weighted by molar-refractivity contribution is 7.80. The molecule has 1 amide bonds. The van der Waals surface area contributed by atoms with Crippen molar-refractivity contribution >= 4 is 24.6 Å². The molecule has 0 heterocycles. The zero-order chi connectivity index (χ0) is 17.1. The molecule has 0 unspecified atom stereocenters. The Morgan fingerprint density at radius 1 is 1.24 bits per heavy atom. The summed E-state index contributed by atoms with van der Waals surface area (Å²) in [5, 5.41) is 7.65. The molecule has 11 heteroatoms. The van der Waals surface area contributed by atoms with Crippen LogP contribution in [0.3, 0.4) is 0 Å². The third-order valence-corrected chi connectivity index (χ3v) is 1.79. The van der Waals surface area contributed by atoms with Crippen molar-refractivity contribution in [3.05, 3.63) is 35.2 Å². The molecule has 1 N–H and O–H groups in total. The van der Waals surface area contributed by atoms with E-state index in [0.717, 1.165) is 5.32 Å². The van der Waals surface area contributed by atoms with Gasteiger partial charge in [-0.2, -0.15) is 26.3 Å². The summed E-state index contributed by atoms with van der Waals surface area (Å²) < 4.78 is 64.3. The molecule has 0 radical (unpaired) electrons. The molecule has 0 aliphatic carbocycles. The molecular weight excluding hydrogens is 326 g/mol. The number of carbonyl (C=O) groups excluding carboxylic acids is 2. The van der Waals surface area contributed by atoms with Crippen molar-refractivity contribution < 1.29 is 35.9 Å². The first kappa shape index (κ1) is 21.3. The van der Waals surface area contributed by atoms with E-state index in [1.54, 1.807) is 6.07 Å². The number of rotatable bonds is 1. The molecule has 0 bridgehead atoms. The minimum absolute atomic E-state index is 0.104. The third kappa shape index (κ3) is 14.2. The first-order chi connectivity index (χ1) is 9.55. The van der Waals surface area contributed by atoms with Crippen LogP contribution in [0.4, 0.5) is 26.3 Å². The van der Waals surface area contributed by atoms with Crippen LogP contribution in [0.15, 0.2) is 29.2 Å². The van der Waals surface area contributed by atoms with E-state index in [1.807, 2.05) is 0 Å². The first-order valence-electron chi connectivity index (χ1n) is 4.65. The number of hydrogen-bond donors (Lipinski definition) is 2. The molecule has 21 heavy (non-hydrogen) atoms. The highest BCUT2D eigenvalue weighted by Crippen LogP contribution is 2.16. The lowest BCUT2D eigenvalue weighted by Gasteiger charge is -2.09. The minimum atomic E-state index is -4.72. The number of benzene rings is 1. The van der Waals surface area contributed by atoms with Gasteiger partial charge in [-0.3, -0.25) is 14.9 Å². The number of carbonyl (C=O) groups is 1. The zero-order valence-electron chi connectivity index (χ0n) is 9.87. The Morgan fingerprint density at radius 2 is 1.62 bits per heavy atom. The minimum Gasteiger partial charge on any atom is -0.724 e. The van der Waals surface area contributed by atoms with Crippen LogP contribution in [0.5, 0.6) is 0 Å². The fourth-order valence-electron chi connectivity index (χ4n) is 0.862. The average Bonchev–Trinajstić information content (AvgIpc) is 2.27. The third-order valence-electron chi connectivity index (χ3n) is 1.40. The molecule has 1 rings (SSSR count). The molecule has 0 fully saturated rings. The molecular formula is C10H7F6N2O2S-. The van der Waals surface area contributed by atoms with Crippen molar-refractivity contribution in [1.82, 2.24) is 5.32 Å². The van der Waals surface area contributed by atoms with Crippen LogP contribution in [0.25, 0.3) is 5.41 Å². The van der Waals surface area contributed by atoms with Gasteiger partial charge in [0.2, 0.25) is 0 Å². The second-order valence-corrected chi connectivity index (χ2v) is 3.29. The SMILES string of the molecule is FC(F)F.O=C(NC(F)(F)F)c1ccccc1S.[N-]=C=O. The summed E-state index contributed by atoms with van der Waals surface area (Å²) in [7, 11) is 0. The number of thiol groups is 1. The van der Waals surface area contributed by atoms with E-state index in [-0.39, 0.29) is 10.5 Å². The van der Waals surface area contributed by atoms with Crippen molar-refractivity contribution in [1.29, 1.82) is 0 Å². The van der Waals surface area contributed by atoms with Gasteiger partial charge in [0.15, 0.2) is 0 Å². The molecule has 118 valence electrons. The fourth-order valence-corrected chi connectivity index (χ4v) is 1.12. The van der Waals surface area contributed by atoms with Crippen molar-refractivity contribution in [2.24, 2.45) is 0 Å². The topological polar surface area (TPSA) is 68.5 Å². The van der Waals surface area contributed by atoms with Gasteiger partial charge >= 0.3 is 13.0 Å². The van der Waals surface area contributed by atoms with Gasteiger partial charge in [-0.1, -0.05) is 12.1 Å². The Balaban J connectivity index is 0. The van der Waals surface area contributed by atoms with E-state index in [4.69, 9.17) is 10.2 Å². The fraction of sp³-hybridized carbons (Fsp3) is 0.200. The first-order valence-corrected chi connectivity index (χ1v) is 5.10. The molecule has 0 atom stereocenters.